The lowest BCUT2D eigenvalue weighted by molar-refractivity contribution is 0.171. The van der Waals surface area contributed by atoms with Crippen molar-refractivity contribution >= 4 is 16.2 Å². The number of hydrogen-bond donors (Lipinski definition) is 1. The van der Waals surface area contributed by atoms with Crippen LogP contribution in [-0.4, -0.2) is 27.8 Å². The zero-order chi connectivity index (χ0) is 16.3. The van der Waals surface area contributed by atoms with E-state index >= 15 is 0 Å². The molecule has 7 heteroatoms. The lowest BCUT2D eigenvalue weighted by atomic mass is 10.2. The third-order valence-corrected chi connectivity index (χ3v) is 4.54. The molecule has 0 fully saturated rings. The van der Waals surface area contributed by atoms with Crippen LogP contribution in [0, 0.1) is 6.92 Å². The number of benzene rings is 2. The van der Waals surface area contributed by atoms with E-state index in [-0.39, 0.29) is 4.90 Å². The Kier molecular flexibility index (Phi) is 4.20. The van der Waals surface area contributed by atoms with Crippen LogP contribution in [0.4, 0.5) is 0 Å². The molecule has 1 aliphatic heterocycles. The first-order chi connectivity index (χ1) is 11.1. The predicted octanol–water partition coefficient (Wildman–Crippen LogP) is 2.08. The zero-order valence-electron chi connectivity index (χ0n) is 12.5. The van der Waals surface area contributed by atoms with Gasteiger partial charge in [-0.2, -0.15) is 13.5 Å². The van der Waals surface area contributed by atoms with E-state index < -0.39 is 10.0 Å². The molecule has 2 aromatic rings. The Labute approximate surface area is 134 Å². The predicted molar refractivity (Wildman–Crippen MR) is 86.5 cm³/mol. The van der Waals surface area contributed by atoms with Gasteiger partial charge in [-0.25, -0.2) is 4.83 Å². The Hall–Kier alpha value is -2.54. The van der Waals surface area contributed by atoms with Crippen molar-refractivity contribution < 1.29 is 17.9 Å². The molecule has 2 aromatic carbocycles. The summed E-state index contributed by atoms with van der Waals surface area (Å²) in [6.07, 6.45) is 1.40. The fourth-order valence-electron chi connectivity index (χ4n) is 2.13. The van der Waals surface area contributed by atoms with E-state index in [1.807, 2.05) is 6.92 Å². The quantitative estimate of drug-likeness (QED) is 0.687. The molecule has 0 saturated carbocycles. The summed E-state index contributed by atoms with van der Waals surface area (Å²) >= 11 is 0. The summed E-state index contributed by atoms with van der Waals surface area (Å²) in [6, 6.07) is 11.9. The Morgan fingerprint density at radius 1 is 1.09 bits per heavy atom. The zero-order valence-corrected chi connectivity index (χ0v) is 13.3. The second kappa shape index (κ2) is 6.29. The van der Waals surface area contributed by atoms with Gasteiger partial charge in [0.1, 0.15) is 13.2 Å². The number of aryl methyl sites for hydroxylation is 1. The molecule has 120 valence electrons. The molecule has 0 saturated heterocycles. The number of ether oxygens (including phenoxy) is 2. The maximum absolute atomic E-state index is 12.1. The minimum Gasteiger partial charge on any atom is -0.486 e. The highest BCUT2D eigenvalue weighted by atomic mass is 32.2. The molecule has 23 heavy (non-hydrogen) atoms. The molecule has 0 aliphatic carbocycles. The second-order valence-electron chi connectivity index (χ2n) is 5.04. The van der Waals surface area contributed by atoms with Gasteiger partial charge in [-0.3, -0.25) is 0 Å². The van der Waals surface area contributed by atoms with Gasteiger partial charge in [0.05, 0.1) is 11.1 Å². The third kappa shape index (κ3) is 3.45. The van der Waals surface area contributed by atoms with Crippen molar-refractivity contribution in [1.29, 1.82) is 0 Å². The average molecular weight is 332 g/mol. The van der Waals surface area contributed by atoms with E-state index in [2.05, 4.69) is 9.93 Å². The van der Waals surface area contributed by atoms with Gasteiger partial charge in [-0.1, -0.05) is 23.8 Å². The first-order valence-corrected chi connectivity index (χ1v) is 8.55. The molecule has 0 atom stereocenters. The highest BCUT2D eigenvalue weighted by molar-refractivity contribution is 7.89. The van der Waals surface area contributed by atoms with E-state index in [0.29, 0.717) is 30.3 Å². The summed E-state index contributed by atoms with van der Waals surface area (Å²) in [5, 5.41) is 3.82. The van der Waals surface area contributed by atoms with Gasteiger partial charge < -0.3 is 9.47 Å². The normalized spacial score (nSPS) is 14.0. The van der Waals surface area contributed by atoms with Crippen molar-refractivity contribution in [2.45, 2.75) is 11.8 Å². The summed E-state index contributed by atoms with van der Waals surface area (Å²) in [6.45, 7) is 2.84. The molecule has 3 rings (SSSR count). The molecule has 0 amide bonds. The molecule has 0 unspecified atom stereocenters. The topological polar surface area (TPSA) is 77.0 Å². The van der Waals surface area contributed by atoms with Gasteiger partial charge >= 0.3 is 0 Å². The summed E-state index contributed by atoms with van der Waals surface area (Å²) in [5.41, 5.74) is 1.63. The van der Waals surface area contributed by atoms with Gasteiger partial charge in [0.2, 0.25) is 0 Å². The fourth-order valence-corrected chi connectivity index (χ4v) is 2.92. The van der Waals surface area contributed by atoms with Crippen LogP contribution in [0.5, 0.6) is 11.5 Å². The van der Waals surface area contributed by atoms with E-state index in [4.69, 9.17) is 9.47 Å². The molecule has 1 heterocycles. The molecule has 0 aromatic heterocycles. The van der Waals surface area contributed by atoms with Crippen LogP contribution >= 0.6 is 0 Å². The number of fused-ring (bicyclic) bond motifs is 1. The molecule has 0 radical (unpaired) electrons. The number of para-hydroxylation sites is 1. The van der Waals surface area contributed by atoms with Gasteiger partial charge in [-0.05, 0) is 31.2 Å². The lowest BCUT2D eigenvalue weighted by Gasteiger charge is -2.19. The largest absolute Gasteiger partial charge is 0.486 e. The van der Waals surface area contributed by atoms with Crippen LogP contribution in [0.25, 0.3) is 0 Å². The highest BCUT2D eigenvalue weighted by Crippen LogP contribution is 2.32. The maximum Gasteiger partial charge on any atom is 0.276 e. The van der Waals surface area contributed by atoms with E-state index in [1.54, 1.807) is 30.3 Å². The minimum atomic E-state index is -3.69. The SMILES string of the molecule is Cc1ccc(S(=O)(=O)NN=Cc2cccc3c2OCCO3)cc1. The molecule has 0 spiro atoms. The van der Waals surface area contributed by atoms with Gasteiger partial charge in [0.25, 0.3) is 10.0 Å². The summed E-state index contributed by atoms with van der Waals surface area (Å²) in [5.74, 6) is 1.19. The number of hydrazone groups is 1. The van der Waals surface area contributed by atoms with Crippen molar-refractivity contribution in [1.82, 2.24) is 4.83 Å². The van der Waals surface area contributed by atoms with E-state index in [1.165, 1.54) is 18.3 Å². The second-order valence-corrected chi connectivity index (χ2v) is 6.70. The number of rotatable bonds is 4. The monoisotopic (exact) mass is 332 g/mol. The van der Waals surface area contributed by atoms with Crippen LogP contribution in [0.2, 0.25) is 0 Å². The number of nitrogens with one attached hydrogen (secondary N) is 1. The summed E-state index contributed by atoms with van der Waals surface area (Å²) in [4.78, 5) is 2.36. The Balaban J connectivity index is 1.78. The molecular weight excluding hydrogens is 316 g/mol. The molecule has 6 nitrogen and oxygen atoms in total. The molecule has 1 aliphatic rings. The van der Waals surface area contributed by atoms with Crippen molar-refractivity contribution in [2.24, 2.45) is 5.10 Å². The van der Waals surface area contributed by atoms with Gasteiger partial charge in [-0.15, -0.1) is 0 Å². The third-order valence-electron chi connectivity index (χ3n) is 3.30. The number of nitrogens with zero attached hydrogens (tertiary/aromatic N) is 1. The van der Waals surface area contributed by atoms with Crippen LogP contribution in [0.3, 0.4) is 0 Å². The average Bonchev–Trinajstić information content (AvgIpc) is 2.55. The Morgan fingerprint density at radius 3 is 2.61 bits per heavy atom. The van der Waals surface area contributed by atoms with Crippen molar-refractivity contribution in [3.05, 3.63) is 53.6 Å². The number of sulfonamides is 1. The van der Waals surface area contributed by atoms with Gasteiger partial charge in [0, 0.05) is 5.56 Å². The fraction of sp³-hybridized carbons (Fsp3) is 0.188. The Bertz CT molecular complexity index is 830. The first-order valence-electron chi connectivity index (χ1n) is 7.06. The molecule has 1 N–H and O–H groups in total. The smallest absolute Gasteiger partial charge is 0.276 e. The molecular formula is C16H16N2O4S. The summed E-state index contributed by atoms with van der Waals surface area (Å²) in [7, 11) is -3.69. The first kappa shape index (κ1) is 15.4. The van der Waals surface area contributed by atoms with Crippen LogP contribution in [0.15, 0.2) is 52.5 Å². The van der Waals surface area contributed by atoms with Crippen molar-refractivity contribution in [2.75, 3.05) is 13.2 Å². The van der Waals surface area contributed by atoms with Crippen molar-refractivity contribution in [3.63, 3.8) is 0 Å². The van der Waals surface area contributed by atoms with E-state index in [9.17, 15) is 8.42 Å². The van der Waals surface area contributed by atoms with Crippen LogP contribution in [-0.2, 0) is 10.0 Å². The Morgan fingerprint density at radius 2 is 1.83 bits per heavy atom. The van der Waals surface area contributed by atoms with Crippen molar-refractivity contribution in [3.8, 4) is 11.5 Å². The van der Waals surface area contributed by atoms with Crippen LogP contribution in [0.1, 0.15) is 11.1 Å². The van der Waals surface area contributed by atoms with E-state index in [0.717, 1.165) is 5.56 Å². The standard InChI is InChI=1S/C16H16N2O4S/c1-12-5-7-14(8-6-12)23(19,20)18-17-11-13-3-2-4-15-16(13)22-10-9-21-15/h2-8,11,18H,9-10H2,1H3. The highest BCUT2D eigenvalue weighted by Gasteiger charge is 2.15. The van der Waals surface area contributed by atoms with Crippen LogP contribution < -0.4 is 14.3 Å². The lowest BCUT2D eigenvalue weighted by Crippen LogP contribution is -2.19. The summed E-state index contributed by atoms with van der Waals surface area (Å²) < 4.78 is 35.3. The van der Waals surface area contributed by atoms with Gasteiger partial charge in [0.15, 0.2) is 11.5 Å². The molecule has 0 bridgehead atoms. The minimum absolute atomic E-state index is 0.162. The maximum atomic E-state index is 12.1. The number of hydrogen-bond acceptors (Lipinski definition) is 5.